The van der Waals surface area contributed by atoms with E-state index in [4.69, 9.17) is 11.6 Å². The molecule has 0 fully saturated rings. The van der Waals surface area contributed by atoms with Crippen LogP contribution in [0.15, 0.2) is 48.5 Å². The topological polar surface area (TPSA) is 104 Å². The standard InChI is InChI=1S/C20H24ClN3O4S/c1-4-13(2)18(23-19(25)14-5-7-15(21)8-6-14)20(26)22-16-9-11-17(12-10-16)24-29(3,27)28/h5-13,18,24H,4H2,1-3H3,(H,22,26)(H,23,25). The maximum Gasteiger partial charge on any atom is 0.251 e. The minimum Gasteiger partial charge on any atom is -0.340 e. The third kappa shape index (κ3) is 7.07. The molecule has 0 aliphatic heterocycles. The molecule has 0 heterocycles. The minimum absolute atomic E-state index is 0.0996. The number of hydrogen-bond donors (Lipinski definition) is 3. The molecule has 0 spiro atoms. The number of anilines is 2. The maximum atomic E-state index is 12.8. The van der Waals surface area contributed by atoms with Gasteiger partial charge in [0.1, 0.15) is 6.04 Å². The van der Waals surface area contributed by atoms with E-state index in [1.807, 2.05) is 13.8 Å². The molecule has 9 heteroatoms. The quantitative estimate of drug-likeness (QED) is 0.587. The number of sulfonamides is 1. The molecule has 0 aliphatic carbocycles. The van der Waals surface area contributed by atoms with Gasteiger partial charge in [0.2, 0.25) is 15.9 Å². The molecule has 3 N–H and O–H groups in total. The molecule has 0 bridgehead atoms. The zero-order valence-corrected chi connectivity index (χ0v) is 18.0. The molecule has 2 aromatic carbocycles. The summed E-state index contributed by atoms with van der Waals surface area (Å²) in [6, 6.07) is 11.9. The van der Waals surface area contributed by atoms with E-state index in [1.54, 1.807) is 48.5 Å². The van der Waals surface area contributed by atoms with Crippen molar-refractivity contribution >= 4 is 44.8 Å². The molecule has 2 unspecified atom stereocenters. The van der Waals surface area contributed by atoms with Crippen LogP contribution in [0, 0.1) is 5.92 Å². The molecular formula is C20H24ClN3O4S. The monoisotopic (exact) mass is 437 g/mol. The summed E-state index contributed by atoms with van der Waals surface area (Å²) in [4.78, 5) is 25.3. The van der Waals surface area contributed by atoms with Gasteiger partial charge in [-0.2, -0.15) is 0 Å². The van der Waals surface area contributed by atoms with Crippen LogP contribution < -0.4 is 15.4 Å². The largest absolute Gasteiger partial charge is 0.340 e. The predicted octanol–water partition coefficient (Wildman–Crippen LogP) is 3.49. The normalized spacial score (nSPS) is 13.2. The van der Waals surface area contributed by atoms with Crippen molar-refractivity contribution in [1.82, 2.24) is 5.32 Å². The van der Waals surface area contributed by atoms with Crippen LogP contribution in [-0.4, -0.2) is 32.5 Å². The van der Waals surface area contributed by atoms with E-state index in [0.717, 1.165) is 6.26 Å². The van der Waals surface area contributed by atoms with E-state index in [1.165, 1.54) is 0 Å². The Labute approximate surface area is 175 Å². The first kappa shape index (κ1) is 22.7. The van der Waals surface area contributed by atoms with Gasteiger partial charge in [0, 0.05) is 22.0 Å². The number of carbonyl (C=O) groups excluding carboxylic acids is 2. The van der Waals surface area contributed by atoms with Crippen LogP contribution in [0.3, 0.4) is 0 Å². The van der Waals surface area contributed by atoms with E-state index in [2.05, 4.69) is 15.4 Å². The van der Waals surface area contributed by atoms with Crippen molar-refractivity contribution in [3.8, 4) is 0 Å². The van der Waals surface area contributed by atoms with Crippen LogP contribution in [0.25, 0.3) is 0 Å². The van der Waals surface area contributed by atoms with Gasteiger partial charge in [0.05, 0.1) is 6.26 Å². The molecule has 2 amide bonds. The van der Waals surface area contributed by atoms with Crippen LogP contribution in [0.4, 0.5) is 11.4 Å². The predicted molar refractivity (Wildman–Crippen MR) is 116 cm³/mol. The first-order chi connectivity index (χ1) is 13.6. The van der Waals surface area contributed by atoms with E-state index in [9.17, 15) is 18.0 Å². The molecule has 29 heavy (non-hydrogen) atoms. The van der Waals surface area contributed by atoms with Crippen LogP contribution in [-0.2, 0) is 14.8 Å². The zero-order chi connectivity index (χ0) is 21.6. The Hall–Kier alpha value is -2.58. The lowest BCUT2D eigenvalue weighted by molar-refractivity contribution is -0.119. The number of rotatable bonds is 8. The van der Waals surface area contributed by atoms with Crippen LogP contribution in [0.5, 0.6) is 0 Å². The van der Waals surface area contributed by atoms with Gasteiger partial charge in [-0.25, -0.2) is 8.42 Å². The fourth-order valence-corrected chi connectivity index (χ4v) is 3.27. The van der Waals surface area contributed by atoms with Crippen molar-refractivity contribution in [3.05, 3.63) is 59.1 Å². The minimum atomic E-state index is -3.38. The summed E-state index contributed by atoms with van der Waals surface area (Å²) in [7, 11) is -3.38. The Morgan fingerprint density at radius 3 is 2.07 bits per heavy atom. The highest BCUT2D eigenvalue weighted by molar-refractivity contribution is 7.92. The van der Waals surface area contributed by atoms with Crippen LogP contribution in [0.2, 0.25) is 5.02 Å². The van der Waals surface area contributed by atoms with Gasteiger partial charge in [-0.1, -0.05) is 31.9 Å². The number of carbonyl (C=O) groups is 2. The summed E-state index contributed by atoms with van der Waals surface area (Å²) >= 11 is 5.85. The van der Waals surface area contributed by atoms with Crippen molar-refractivity contribution in [1.29, 1.82) is 0 Å². The molecule has 0 aliphatic rings. The second kappa shape index (κ2) is 9.76. The molecule has 2 aromatic rings. The summed E-state index contributed by atoms with van der Waals surface area (Å²) in [5.74, 6) is -0.822. The third-order valence-electron chi connectivity index (χ3n) is 4.34. The second-order valence-corrected chi connectivity index (χ2v) is 8.97. The SMILES string of the molecule is CCC(C)C(NC(=O)c1ccc(Cl)cc1)C(=O)Nc1ccc(NS(C)(=O)=O)cc1. The molecule has 2 atom stereocenters. The molecule has 0 radical (unpaired) electrons. The second-order valence-electron chi connectivity index (χ2n) is 6.78. The molecule has 0 saturated carbocycles. The summed E-state index contributed by atoms with van der Waals surface area (Å²) < 4.78 is 24.9. The third-order valence-corrected chi connectivity index (χ3v) is 5.20. The first-order valence-electron chi connectivity index (χ1n) is 9.04. The van der Waals surface area contributed by atoms with Gasteiger partial charge < -0.3 is 10.6 Å². The first-order valence-corrected chi connectivity index (χ1v) is 11.3. The number of halogens is 1. The Morgan fingerprint density at radius 1 is 1.00 bits per heavy atom. The number of hydrogen-bond acceptors (Lipinski definition) is 4. The lowest BCUT2D eigenvalue weighted by Crippen LogP contribution is -2.47. The van der Waals surface area contributed by atoms with E-state index in [0.29, 0.717) is 28.4 Å². The summed E-state index contributed by atoms with van der Waals surface area (Å²) in [5.41, 5.74) is 1.29. The van der Waals surface area contributed by atoms with Gasteiger partial charge in [0.15, 0.2) is 0 Å². The smallest absolute Gasteiger partial charge is 0.251 e. The Kier molecular flexibility index (Phi) is 7.64. The highest BCUT2D eigenvalue weighted by Crippen LogP contribution is 2.17. The van der Waals surface area contributed by atoms with E-state index < -0.39 is 16.1 Å². The Bertz CT molecular complexity index is 960. The molecule has 156 valence electrons. The summed E-state index contributed by atoms with van der Waals surface area (Å²) in [6.45, 7) is 3.82. The molecule has 7 nitrogen and oxygen atoms in total. The Balaban J connectivity index is 2.10. The van der Waals surface area contributed by atoms with Gasteiger partial charge >= 0.3 is 0 Å². The van der Waals surface area contributed by atoms with Gasteiger partial charge in [-0.05, 0) is 54.4 Å². The van der Waals surface area contributed by atoms with E-state index in [-0.39, 0.29) is 17.7 Å². The van der Waals surface area contributed by atoms with Crippen molar-refractivity contribution in [2.75, 3.05) is 16.3 Å². The van der Waals surface area contributed by atoms with Crippen molar-refractivity contribution in [2.24, 2.45) is 5.92 Å². The molecule has 2 rings (SSSR count). The lowest BCUT2D eigenvalue weighted by Gasteiger charge is -2.23. The summed E-state index contributed by atoms with van der Waals surface area (Å²) in [5, 5.41) is 6.06. The number of benzene rings is 2. The fraction of sp³-hybridized carbons (Fsp3) is 0.300. The maximum absolute atomic E-state index is 12.8. The number of nitrogens with one attached hydrogen (secondary N) is 3. The van der Waals surface area contributed by atoms with Gasteiger partial charge in [-0.3, -0.25) is 14.3 Å². The van der Waals surface area contributed by atoms with Crippen molar-refractivity contribution in [2.45, 2.75) is 26.3 Å². The van der Waals surface area contributed by atoms with Crippen LogP contribution in [0.1, 0.15) is 30.6 Å². The highest BCUT2D eigenvalue weighted by Gasteiger charge is 2.26. The average molecular weight is 438 g/mol. The van der Waals surface area contributed by atoms with Gasteiger partial charge in [-0.15, -0.1) is 0 Å². The molecular weight excluding hydrogens is 414 g/mol. The fourth-order valence-electron chi connectivity index (χ4n) is 2.58. The molecule has 0 aromatic heterocycles. The van der Waals surface area contributed by atoms with Crippen molar-refractivity contribution in [3.63, 3.8) is 0 Å². The summed E-state index contributed by atoms with van der Waals surface area (Å²) in [6.07, 6.45) is 1.75. The lowest BCUT2D eigenvalue weighted by atomic mass is 9.97. The highest BCUT2D eigenvalue weighted by atomic mass is 35.5. The van der Waals surface area contributed by atoms with E-state index >= 15 is 0 Å². The Morgan fingerprint density at radius 2 is 1.55 bits per heavy atom. The zero-order valence-electron chi connectivity index (χ0n) is 16.4. The molecule has 0 saturated heterocycles. The average Bonchev–Trinajstić information content (AvgIpc) is 2.66. The van der Waals surface area contributed by atoms with Crippen LogP contribution >= 0.6 is 11.6 Å². The van der Waals surface area contributed by atoms with Gasteiger partial charge in [0.25, 0.3) is 5.91 Å². The number of amides is 2. The van der Waals surface area contributed by atoms with Crippen molar-refractivity contribution < 1.29 is 18.0 Å².